The standard InChI is InChI=1S/C78H99N5O11/c1-48(2)38-76(3,89)45-80-46-82-68-20-8-19-57(42-85)92-67-36-53(34-52(72(67)88)16-12-32-84)75-78(68,91-47-83-56-18-10-29-77(39-56)28-9-17-55(77)44-90-4)40-64-61-37-63-69(51-21-25-65-50(33-51)27-31-81-65)54(41-79-30-11-15-49-13-6-5-7-14-49)35-62-66(87)26-24-59(70(62)63)71(61)74-60(73(64)94-75)23-22-58(43-86)93-74/h5-7,13-14,21,24-27,31,33-36,48,55-58,63,68-69,75,79-89H,9-12,15-19,22-23,28-30,32,37-47H2,1-4H3/t55-,56+,57-,58-,63+,68-,69-,75+,76-,77-,78-/m0/s1. The number of hydrogen-bond acceptors (Lipinski definition) is 15. The molecule has 1 aromatic heterocycles. The van der Waals surface area contributed by atoms with Gasteiger partial charge in [-0.2, -0.15) is 0 Å². The minimum atomic E-state index is -1.37. The van der Waals surface area contributed by atoms with Gasteiger partial charge < -0.3 is 69.9 Å². The number of ether oxygens (including phenoxy) is 5. The second-order valence-electron chi connectivity index (χ2n) is 28.9. The van der Waals surface area contributed by atoms with Crippen molar-refractivity contribution in [1.82, 2.24) is 26.3 Å². The van der Waals surface area contributed by atoms with Crippen molar-refractivity contribution in [2.45, 2.75) is 183 Å². The second kappa shape index (κ2) is 28.7. The maximum atomic E-state index is 12.3. The molecule has 7 aliphatic rings. The van der Waals surface area contributed by atoms with Gasteiger partial charge in [-0.05, 0) is 212 Å². The highest BCUT2D eigenvalue weighted by molar-refractivity contribution is 5.90. The number of aliphatic hydroxyl groups is 4. The summed E-state index contributed by atoms with van der Waals surface area (Å²) in [6.07, 6.45) is 15.1. The number of hydrogen-bond donors (Lipinski definition) is 11. The summed E-state index contributed by atoms with van der Waals surface area (Å²) >= 11 is 0. The van der Waals surface area contributed by atoms with Crippen LogP contribution < -0.4 is 35.5 Å². The van der Waals surface area contributed by atoms with Gasteiger partial charge in [0, 0.05) is 98.9 Å². The summed E-state index contributed by atoms with van der Waals surface area (Å²) in [5.74, 6) is 9.31. The van der Waals surface area contributed by atoms with E-state index in [0.29, 0.717) is 86.6 Å². The topological polar surface area (TPSA) is 231 Å². The average molecular weight is 1280 g/mol. The first-order valence-electron chi connectivity index (χ1n) is 35.0. The first-order valence-corrected chi connectivity index (χ1v) is 35.0. The molecule has 0 saturated heterocycles. The van der Waals surface area contributed by atoms with Crippen LogP contribution in [-0.2, 0) is 41.6 Å². The highest BCUT2D eigenvalue weighted by Gasteiger charge is 2.56. The van der Waals surface area contributed by atoms with Crippen molar-refractivity contribution in [1.29, 1.82) is 0 Å². The van der Waals surface area contributed by atoms with Gasteiger partial charge in [-0.1, -0.05) is 81.0 Å². The van der Waals surface area contributed by atoms with Crippen LogP contribution in [-0.4, -0.2) is 138 Å². The van der Waals surface area contributed by atoms with Crippen LogP contribution >= 0.6 is 0 Å². The lowest BCUT2D eigenvalue weighted by molar-refractivity contribution is -0.145. The number of benzene rings is 5. The molecular weight excluding hydrogens is 1180 g/mol. The van der Waals surface area contributed by atoms with E-state index in [4.69, 9.17) is 23.7 Å². The lowest BCUT2D eigenvalue weighted by atomic mass is 9.62. The predicted octanol–water partition coefficient (Wildman–Crippen LogP) is 10.7. The number of aromatic amines is 1. The Morgan fingerprint density at radius 3 is 2.49 bits per heavy atom. The summed E-state index contributed by atoms with van der Waals surface area (Å²) in [5.41, 5.74) is 10.4. The number of aryl methyl sites for hydroxylation is 2. The molecule has 3 aliphatic heterocycles. The smallest absolute Gasteiger partial charge is 0.162 e. The Kier molecular flexibility index (Phi) is 20.2. The van der Waals surface area contributed by atoms with Crippen molar-refractivity contribution in [3.63, 3.8) is 0 Å². The molecular formula is C78H99N5O11. The Labute approximate surface area is 554 Å². The zero-order chi connectivity index (χ0) is 65.1. The monoisotopic (exact) mass is 1280 g/mol. The van der Waals surface area contributed by atoms with E-state index >= 15 is 0 Å². The number of rotatable bonds is 25. The highest BCUT2D eigenvalue weighted by atomic mass is 16.6. The molecule has 2 bridgehead atoms. The van der Waals surface area contributed by atoms with Crippen LogP contribution in [0.2, 0.25) is 0 Å². The van der Waals surface area contributed by atoms with Crippen molar-refractivity contribution < 1.29 is 54.3 Å². The van der Waals surface area contributed by atoms with Crippen molar-refractivity contribution in [2.24, 2.45) is 17.3 Å². The molecule has 11 N–H and O–H groups in total. The van der Waals surface area contributed by atoms with E-state index in [1.165, 1.54) is 42.4 Å². The van der Waals surface area contributed by atoms with Crippen molar-refractivity contribution in [3.8, 4) is 51.7 Å². The molecule has 94 heavy (non-hydrogen) atoms. The van der Waals surface area contributed by atoms with E-state index in [1.807, 2.05) is 38.4 Å². The molecule has 2 saturated carbocycles. The summed E-state index contributed by atoms with van der Waals surface area (Å²) < 4.78 is 35.6. The van der Waals surface area contributed by atoms with Gasteiger partial charge in [0.25, 0.3) is 0 Å². The minimum absolute atomic E-state index is 0.0723. The molecule has 16 heteroatoms. The molecule has 1 spiro atoms. The minimum Gasteiger partial charge on any atom is -0.507 e. The molecule has 0 amide bonds. The van der Waals surface area contributed by atoms with E-state index in [9.17, 15) is 30.6 Å². The Balaban J connectivity index is 0.990. The van der Waals surface area contributed by atoms with Gasteiger partial charge in [0.05, 0.1) is 25.5 Å². The Morgan fingerprint density at radius 1 is 0.840 bits per heavy atom. The number of nitrogens with one attached hydrogen (secondary N) is 5. The Morgan fingerprint density at radius 2 is 1.68 bits per heavy atom. The number of aromatic hydroxyl groups is 2. The normalized spacial score (nSPS) is 26.5. The molecule has 6 aromatic rings. The SMILES string of the molecule is COC[C@@H]1CCC[C@@]12CCC[C@@H](NCO[C@]13Cc4c5c(c6c(c4O[C@@H]1c1cc(CCCO)c(O)c(c1)O[C@H](CO)CC#C[C@@H]3NCNC[C@@](C)(O)CC(C)C)CC[C@@H](CO)O6)-c1ccc(O)c3c1[C@H](C5)[C@@H](c1ccc4[nH]ccc4c1)C(CNCCCc1ccccc1)=C3)C2. The molecule has 11 atom stereocenters. The number of aliphatic hydroxyl groups excluding tert-OH is 3. The fraction of sp³-hybridized carbons (Fsp3) is 0.538. The van der Waals surface area contributed by atoms with E-state index < -0.39 is 35.6 Å². The molecule has 0 unspecified atom stereocenters. The van der Waals surface area contributed by atoms with Crippen LogP contribution in [0.25, 0.3) is 28.1 Å². The molecule has 2 fully saturated rings. The lowest BCUT2D eigenvalue weighted by Gasteiger charge is -2.50. The van der Waals surface area contributed by atoms with Crippen LogP contribution in [0, 0.1) is 29.1 Å². The van der Waals surface area contributed by atoms with E-state index in [-0.39, 0.29) is 86.1 Å². The fourth-order valence-electron chi connectivity index (χ4n) is 17.7. The van der Waals surface area contributed by atoms with E-state index in [0.717, 1.165) is 95.1 Å². The van der Waals surface area contributed by atoms with Gasteiger partial charge in [0.15, 0.2) is 17.6 Å². The fourth-order valence-corrected chi connectivity index (χ4v) is 17.7. The van der Waals surface area contributed by atoms with E-state index in [1.54, 1.807) is 0 Å². The van der Waals surface area contributed by atoms with Gasteiger partial charge in [-0.3, -0.25) is 10.6 Å². The summed E-state index contributed by atoms with van der Waals surface area (Å²) in [7, 11) is 1.82. The largest absolute Gasteiger partial charge is 0.507 e. The van der Waals surface area contributed by atoms with Crippen LogP contribution in [0.15, 0.2) is 90.6 Å². The quantitative estimate of drug-likeness (QED) is 0.0145. The molecule has 5 aromatic carbocycles. The number of phenols is 2. The van der Waals surface area contributed by atoms with Gasteiger partial charge in [0.1, 0.15) is 41.1 Å². The van der Waals surface area contributed by atoms with Crippen molar-refractivity contribution >= 4 is 17.0 Å². The maximum absolute atomic E-state index is 12.3. The molecule has 502 valence electrons. The lowest BCUT2D eigenvalue weighted by Crippen LogP contribution is -2.62. The third-order valence-electron chi connectivity index (χ3n) is 21.9. The van der Waals surface area contributed by atoms with E-state index in [2.05, 4.69) is 119 Å². The number of phenolic OH excluding ortho intramolecular Hbond substituents is 2. The predicted molar refractivity (Wildman–Crippen MR) is 367 cm³/mol. The maximum Gasteiger partial charge on any atom is 0.162 e. The van der Waals surface area contributed by atoms with Crippen LogP contribution in [0.5, 0.6) is 28.7 Å². The summed E-state index contributed by atoms with van der Waals surface area (Å²) in [5, 5.41) is 84.8. The number of aromatic nitrogens is 1. The van der Waals surface area contributed by atoms with Gasteiger partial charge in [-0.15, -0.1) is 0 Å². The number of methoxy groups -OCH3 is 1. The number of H-pyrrole nitrogens is 1. The molecule has 4 aliphatic carbocycles. The summed E-state index contributed by atoms with van der Waals surface area (Å²) in [6, 6.07) is 26.6. The first-order chi connectivity index (χ1) is 45.7. The molecule has 13 rings (SSSR count). The van der Waals surface area contributed by atoms with Crippen LogP contribution in [0.1, 0.15) is 166 Å². The molecule has 16 nitrogen and oxygen atoms in total. The van der Waals surface area contributed by atoms with Gasteiger partial charge in [0.2, 0.25) is 0 Å². The van der Waals surface area contributed by atoms with Crippen LogP contribution in [0.3, 0.4) is 0 Å². The molecule has 0 radical (unpaired) electrons. The van der Waals surface area contributed by atoms with Crippen molar-refractivity contribution in [3.05, 3.63) is 141 Å². The summed E-state index contributed by atoms with van der Waals surface area (Å²) in [6.45, 7) is 8.32. The number of fused-ring (bicyclic) bond motifs is 12. The average Bonchev–Trinajstić information content (AvgIpc) is 0.791. The molecule has 4 heterocycles. The second-order valence-corrected chi connectivity index (χ2v) is 28.9. The van der Waals surface area contributed by atoms with Gasteiger partial charge >= 0.3 is 0 Å². The zero-order valence-corrected chi connectivity index (χ0v) is 55.5. The first kappa shape index (κ1) is 66.2. The van der Waals surface area contributed by atoms with Gasteiger partial charge in [-0.25, -0.2) is 0 Å². The summed E-state index contributed by atoms with van der Waals surface area (Å²) in [4.78, 5) is 3.43. The Hall–Kier alpha value is -6.46. The Bertz CT molecular complexity index is 3740. The van der Waals surface area contributed by atoms with Crippen LogP contribution in [0.4, 0.5) is 0 Å². The highest BCUT2D eigenvalue weighted by Crippen LogP contribution is 2.62. The van der Waals surface area contributed by atoms with Crippen molar-refractivity contribution in [2.75, 3.05) is 66.6 Å². The third kappa shape index (κ3) is 13.4. The zero-order valence-electron chi connectivity index (χ0n) is 55.5. The third-order valence-corrected chi connectivity index (χ3v) is 21.9.